The molecule has 0 fully saturated rings. The molecule has 2 amide bonds. The van der Waals surface area contributed by atoms with Gasteiger partial charge in [0.1, 0.15) is 5.75 Å². The summed E-state index contributed by atoms with van der Waals surface area (Å²) in [6.07, 6.45) is 0.116. The van der Waals surface area contributed by atoms with Crippen LogP contribution in [0.15, 0.2) is 18.2 Å². The number of nitrogens with one attached hydrogen (secondary N) is 2. The Balaban J connectivity index is 2.08. The number of fused-ring (bicyclic) bond motifs is 1. The summed E-state index contributed by atoms with van der Waals surface area (Å²) in [5.74, 6) is -1.04. The van der Waals surface area contributed by atoms with Gasteiger partial charge in [-0.05, 0) is 18.2 Å². The van der Waals surface area contributed by atoms with Gasteiger partial charge in [-0.1, -0.05) is 0 Å². The van der Waals surface area contributed by atoms with Gasteiger partial charge in [0.15, 0.2) is 0 Å². The monoisotopic (exact) mass is 278 g/mol. The summed E-state index contributed by atoms with van der Waals surface area (Å²) in [6, 6.07) is 4.67. The Morgan fingerprint density at radius 1 is 1.40 bits per heavy atom. The van der Waals surface area contributed by atoms with Gasteiger partial charge < -0.3 is 20.5 Å². The highest BCUT2D eigenvalue weighted by Gasteiger charge is 2.16. The van der Waals surface area contributed by atoms with Crippen molar-refractivity contribution in [2.75, 3.05) is 18.5 Å². The van der Waals surface area contributed by atoms with E-state index in [1.165, 1.54) is 6.07 Å². The van der Waals surface area contributed by atoms with Crippen molar-refractivity contribution < 1.29 is 24.2 Å². The van der Waals surface area contributed by atoms with E-state index in [4.69, 9.17) is 9.84 Å². The fourth-order valence-corrected chi connectivity index (χ4v) is 1.75. The van der Waals surface area contributed by atoms with Gasteiger partial charge in [-0.3, -0.25) is 14.4 Å². The van der Waals surface area contributed by atoms with Crippen LogP contribution in [0.4, 0.5) is 5.69 Å². The molecule has 0 radical (unpaired) electrons. The van der Waals surface area contributed by atoms with Crippen molar-refractivity contribution in [3.8, 4) is 5.75 Å². The van der Waals surface area contributed by atoms with Gasteiger partial charge in [0.25, 0.3) is 5.91 Å². The van der Waals surface area contributed by atoms with Crippen molar-refractivity contribution in [2.45, 2.75) is 12.8 Å². The summed E-state index contributed by atoms with van der Waals surface area (Å²) in [6.45, 7) is 0.344. The van der Waals surface area contributed by atoms with Crippen LogP contribution in [0.25, 0.3) is 0 Å². The second-order valence-corrected chi connectivity index (χ2v) is 4.26. The third kappa shape index (κ3) is 3.47. The van der Waals surface area contributed by atoms with Crippen molar-refractivity contribution in [3.63, 3.8) is 0 Å². The Bertz CT molecular complexity index is 556. The number of carbonyl (C=O) groups is 3. The highest BCUT2D eigenvalue weighted by Crippen LogP contribution is 2.27. The molecule has 0 unspecified atom stereocenters. The van der Waals surface area contributed by atoms with E-state index in [2.05, 4.69) is 10.6 Å². The number of hydrogen-bond acceptors (Lipinski definition) is 4. The van der Waals surface area contributed by atoms with Crippen LogP contribution in [0.5, 0.6) is 5.75 Å². The van der Waals surface area contributed by atoms with Gasteiger partial charge in [0.2, 0.25) is 5.91 Å². The number of amides is 2. The maximum Gasteiger partial charge on any atom is 0.305 e. The van der Waals surface area contributed by atoms with Crippen LogP contribution in [0.2, 0.25) is 0 Å². The van der Waals surface area contributed by atoms with Gasteiger partial charge in [0.05, 0.1) is 25.1 Å². The quantitative estimate of drug-likeness (QED) is 0.748. The van der Waals surface area contributed by atoms with E-state index in [-0.39, 0.29) is 25.3 Å². The predicted octanol–water partition coefficient (Wildman–Crippen LogP) is 0.612. The van der Waals surface area contributed by atoms with Crippen LogP contribution >= 0.6 is 0 Å². The Labute approximate surface area is 114 Å². The zero-order valence-electron chi connectivity index (χ0n) is 10.6. The molecule has 0 atom stereocenters. The number of benzene rings is 1. The molecule has 2 rings (SSSR count). The SMILES string of the molecule is O=C(O)CCNC(=O)c1ccc2c(c1)NC(=O)CCO2. The van der Waals surface area contributed by atoms with Crippen molar-refractivity contribution in [1.29, 1.82) is 0 Å². The maximum absolute atomic E-state index is 11.8. The fourth-order valence-electron chi connectivity index (χ4n) is 1.75. The Hall–Kier alpha value is -2.57. The molecule has 0 aliphatic carbocycles. The molecule has 106 valence electrons. The minimum atomic E-state index is -0.979. The van der Waals surface area contributed by atoms with Crippen molar-refractivity contribution in [1.82, 2.24) is 5.32 Å². The lowest BCUT2D eigenvalue weighted by molar-refractivity contribution is -0.136. The van der Waals surface area contributed by atoms with E-state index in [9.17, 15) is 14.4 Å². The van der Waals surface area contributed by atoms with Crippen LogP contribution in [-0.4, -0.2) is 36.0 Å². The van der Waals surface area contributed by atoms with E-state index in [0.29, 0.717) is 23.6 Å². The maximum atomic E-state index is 11.8. The molecule has 1 aromatic carbocycles. The van der Waals surface area contributed by atoms with Gasteiger partial charge in [-0.25, -0.2) is 0 Å². The number of ether oxygens (including phenoxy) is 1. The molecule has 0 bridgehead atoms. The highest BCUT2D eigenvalue weighted by atomic mass is 16.5. The Kier molecular flexibility index (Phi) is 4.19. The van der Waals surface area contributed by atoms with E-state index in [0.717, 1.165) is 0 Å². The van der Waals surface area contributed by atoms with Crippen LogP contribution in [0, 0.1) is 0 Å². The molecule has 0 aromatic heterocycles. The molecule has 7 nitrogen and oxygen atoms in total. The van der Waals surface area contributed by atoms with Crippen LogP contribution in [-0.2, 0) is 9.59 Å². The molecule has 0 spiro atoms. The number of carbonyl (C=O) groups excluding carboxylic acids is 2. The zero-order chi connectivity index (χ0) is 14.5. The third-order valence-electron chi connectivity index (χ3n) is 2.73. The molecule has 7 heteroatoms. The smallest absolute Gasteiger partial charge is 0.305 e. The van der Waals surface area contributed by atoms with Gasteiger partial charge >= 0.3 is 5.97 Å². The molecule has 1 heterocycles. The number of anilines is 1. The topological polar surface area (TPSA) is 105 Å². The second-order valence-electron chi connectivity index (χ2n) is 4.26. The Morgan fingerprint density at radius 3 is 2.95 bits per heavy atom. The van der Waals surface area contributed by atoms with Crippen molar-refractivity contribution in [3.05, 3.63) is 23.8 Å². The second kappa shape index (κ2) is 6.05. The zero-order valence-corrected chi connectivity index (χ0v) is 10.6. The first-order valence-corrected chi connectivity index (χ1v) is 6.13. The molecule has 1 aliphatic heterocycles. The predicted molar refractivity (Wildman–Crippen MR) is 69.8 cm³/mol. The van der Waals surface area contributed by atoms with E-state index >= 15 is 0 Å². The number of rotatable bonds is 4. The summed E-state index contributed by atoms with van der Waals surface area (Å²) in [4.78, 5) is 33.6. The fraction of sp³-hybridized carbons (Fsp3) is 0.308. The molecule has 1 aliphatic rings. The van der Waals surface area contributed by atoms with E-state index in [1.807, 2.05) is 0 Å². The Morgan fingerprint density at radius 2 is 2.20 bits per heavy atom. The molecule has 3 N–H and O–H groups in total. The number of aliphatic carboxylic acids is 1. The molecule has 0 saturated heterocycles. The number of carboxylic acid groups (broad SMARTS) is 1. The lowest BCUT2D eigenvalue weighted by Gasteiger charge is -2.09. The van der Waals surface area contributed by atoms with Gasteiger partial charge in [-0.2, -0.15) is 0 Å². The van der Waals surface area contributed by atoms with Crippen LogP contribution in [0.3, 0.4) is 0 Å². The normalized spacial score (nSPS) is 13.5. The molecule has 0 saturated carbocycles. The minimum absolute atomic E-state index is 0.0497. The summed E-state index contributed by atoms with van der Waals surface area (Å²) in [5.41, 5.74) is 0.776. The van der Waals surface area contributed by atoms with Gasteiger partial charge in [-0.15, -0.1) is 0 Å². The lowest BCUT2D eigenvalue weighted by Crippen LogP contribution is -2.26. The van der Waals surface area contributed by atoms with E-state index < -0.39 is 11.9 Å². The standard InChI is InChI=1S/C13H14N2O5/c16-11-4-6-20-10-2-1-8(7-9(10)15-11)13(19)14-5-3-12(17)18/h1-2,7H,3-6H2,(H,14,19)(H,15,16)(H,17,18). The average Bonchev–Trinajstić information content (AvgIpc) is 2.57. The molecular formula is C13H14N2O5. The van der Waals surface area contributed by atoms with Gasteiger partial charge in [0, 0.05) is 12.1 Å². The summed E-state index contributed by atoms with van der Waals surface area (Å²) in [5, 5.41) is 13.6. The lowest BCUT2D eigenvalue weighted by atomic mass is 10.1. The first kappa shape index (κ1) is 13.9. The summed E-state index contributed by atoms with van der Waals surface area (Å²) < 4.78 is 5.37. The first-order valence-electron chi connectivity index (χ1n) is 6.13. The van der Waals surface area contributed by atoms with Crippen molar-refractivity contribution in [2.24, 2.45) is 0 Å². The first-order chi connectivity index (χ1) is 9.56. The van der Waals surface area contributed by atoms with Crippen LogP contribution in [0.1, 0.15) is 23.2 Å². The number of carboxylic acids is 1. The molecular weight excluding hydrogens is 264 g/mol. The molecule has 20 heavy (non-hydrogen) atoms. The summed E-state index contributed by atoms with van der Waals surface area (Å²) in [7, 11) is 0. The van der Waals surface area contributed by atoms with Crippen molar-refractivity contribution >= 4 is 23.5 Å². The minimum Gasteiger partial charge on any atom is -0.491 e. The highest BCUT2D eigenvalue weighted by molar-refractivity contribution is 5.98. The number of hydrogen-bond donors (Lipinski definition) is 3. The third-order valence-corrected chi connectivity index (χ3v) is 2.73. The summed E-state index contributed by atoms with van der Waals surface area (Å²) >= 11 is 0. The largest absolute Gasteiger partial charge is 0.491 e. The average molecular weight is 278 g/mol. The van der Waals surface area contributed by atoms with E-state index in [1.54, 1.807) is 12.1 Å². The van der Waals surface area contributed by atoms with Crippen LogP contribution < -0.4 is 15.4 Å². The molecule has 1 aromatic rings.